The number of nitrogens with one attached hydrogen (secondary N) is 1. The Bertz CT molecular complexity index is 386. The fraction of sp³-hybridized carbons (Fsp3) is 0.455. The maximum absolute atomic E-state index is 13.6. The summed E-state index contributed by atoms with van der Waals surface area (Å²) in [7, 11) is 0. The molecule has 0 aromatic heterocycles. The predicted octanol–water partition coefficient (Wildman–Crippen LogP) is 3.22. The second-order valence-corrected chi connectivity index (χ2v) is 4.46. The zero-order valence-corrected chi connectivity index (χ0v) is 9.17. The summed E-state index contributed by atoms with van der Waals surface area (Å²) in [6.45, 7) is 2.66. The SMILES string of the molecule is CC1(c2c(F)ccc(F)c2Cl)CCCN1. The Balaban J connectivity index is 2.55. The molecule has 1 aromatic rings. The lowest BCUT2D eigenvalue weighted by atomic mass is 9.90. The first-order chi connectivity index (χ1) is 7.04. The Hall–Kier alpha value is -0.670. The van der Waals surface area contributed by atoms with Crippen molar-refractivity contribution in [2.24, 2.45) is 0 Å². The van der Waals surface area contributed by atoms with Gasteiger partial charge in [-0.05, 0) is 38.4 Å². The van der Waals surface area contributed by atoms with E-state index in [0.29, 0.717) is 0 Å². The molecular formula is C11H12ClF2N. The van der Waals surface area contributed by atoms with Crippen LogP contribution in [0.3, 0.4) is 0 Å². The second kappa shape index (κ2) is 3.72. The van der Waals surface area contributed by atoms with Crippen LogP contribution in [0.1, 0.15) is 25.3 Å². The van der Waals surface area contributed by atoms with E-state index in [-0.39, 0.29) is 10.6 Å². The molecule has 2 rings (SSSR count). The van der Waals surface area contributed by atoms with Crippen molar-refractivity contribution in [3.05, 3.63) is 34.4 Å². The van der Waals surface area contributed by atoms with E-state index in [4.69, 9.17) is 11.6 Å². The van der Waals surface area contributed by atoms with Gasteiger partial charge in [0.15, 0.2) is 0 Å². The molecule has 0 saturated carbocycles. The first-order valence-electron chi connectivity index (χ1n) is 4.93. The lowest BCUT2D eigenvalue weighted by Gasteiger charge is -2.26. The van der Waals surface area contributed by atoms with Gasteiger partial charge in [-0.25, -0.2) is 8.78 Å². The molecular weight excluding hydrogens is 220 g/mol. The minimum atomic E-state index is -0.567. The molecule has 1 aliphatic rings. The Morgan fingerprint density at radius 3 is 2.60 bits per heavy atom. The Morgan fingerprint density at radius 1 is 1.33 bits per heavy atom. The number of benzene rings is 1. The summed E-state index contributed by atoms with van der Waals surface area (Å²) in [6, 6.07) is 2.18. The van der Waals surface area contributed by atoms with Crippen molar-refractivity contribution in [2.45, 2.75) is 25.3 Å². The Kier molecular flexibility index (Phi) is 2.69. The summed E-state index contributed by atoms with van der Waals surface area (Å²) in [5.41, 5.74) is -0.287. The van der Waals surface area contributed by atoms with Crippen LogP contribution in [0.2, 0.25) is 5.02 Å². The van der Waals surface area contributed by atoms with E-state index in [1.165, 1.54) is 0 Å². The van der Waals surface area contributed by atoms with Crippen LogP contribution in [0.25, 0.3) is 0 Å². The summed E-state index contributed by atoms with van der Waals surface area (Å²) in [6.07, 6.45) is 1.72. The number of rotatable bonds is 1. The zero-order valence-electron chi connectivity index (χ0n) is 8.41. The molecule has 1 unspecified atom stereocenters. The summed E-state index contributed by atoms with van der Waals surface area (Å²) >= 11 is 5.81. The Labute approximate surface area is 92.4 Å². The largest absolute Gasteiger partial charge is 0.307 e. The fourth-order valence-corrected chi connectivity index (χ4v) is 2.50. The van der Waals surface area contributed by atoms with Gasteiger partial charge in [0.05, 0.1) is 5.02 Å². The summed E-state index contributed by atoms with van der Waals surface area (Å²) in [5.74, 6) is -1.01. The molecule has 1 nitrogen and oxygen atoms in total. The smallest absolute Gasteiger partial charge is 0.142 e. The third-order valence-electron chi connectivity index (χ3n) is 2.96. The molecule has 0 amide bonds. The highest BCUT2D eigenvalue weighted by molar-refractivity contribution is 6.31. The van der Waals surface area contributed by atoms with Crippen LogP contribution in [-0.4, -0.2) is 6.54 Å². The van der Waals surface area contributed by atoms with Crippen molar-refractivity contribution in [3.63, 3.8) is 0 Å². The third kappa shape index (κ3) is 1.74. The zero-order chi connectivity index (χ0) is 11.1. The van der Waals surface area contributed by atoms with Gasteiger partial charge >= 0.3 is 0 Å². The average Bonchev–Trinajstić information content (AvgIpc) is 2.60. The molecule has 1 atom stereocenters. The summed E-state index contributed by atoms with van der Waals surface area (Å²) < 4.78 is 26.9. The van der Waals surface area contributed by atoms with Gasteiger partial charge in [-0.15, -0.1) is 0 Å². The standard InChI is InChI=1S/C11H12ClF2N/c1-11(5-2-6-15-11)9-7(13)3-4-8(14)10(9)12/h3-4,15H,2,5-6H2,1H3. The minimum absolute atomic E-state index is 0.105. The summed E-state index contributed by atoms with van der Waals surface area (Å²) in [5, 5.41) is 3.06. The molecule has 1 N–H and O–H groups in total. The van der Waals surface area contributed by atoms with E-state index in [0.717, 1.165) is 31.5 Å². The van der Waals surface area contributed by atoms with Gasteiger partial charge < -0.3 is 5.32 Å². The van der Waals surface area contributed by atoms with Crippen LogP contribution in [-0.2, 0) is 5.54 Å². The topological polar surface area (TPSA) is 12.0 Å². The number of hydrogen-bond acceptors (Lipinski definition) is 1. The minimum Gasteiger partial charge on any atom is -0.307 e. The molecule has 1 aliphatic heterocycles. The molecule has 0 radical (unpaired) electrons. The number of hydrogen-bond donors (Lipinski definition) is 1. The van der Waals surface area contributed by atoms with Crippen LogP contribution in [0.15, 0.2) is 12.1 Å². The molecule has 0 spiro atoms. The van der Waals surface area contributed by atoms with Crippen LogP contribution in [0.5, 0.6) is 0 Å². The van der Waals surface area contributed by atoms with Gasteiger partial charge in [0.1, 0.15) is 11.6 Å². The maximum Gasteiger partial charge on any atom is 0.142 e. The molecule has 1 aromatic carbocycles. The van der Waals surface area contributed by atoms with E-state index in [1.54, 1.807) is 0 Å². The molecule has 15 heavy (non-hydrogen) atoms. The van der Waals surface area contributed by atoms with Gasteiger partial charge in [0.2, 0.25) is 0 Å². The van der Waals surface area contributed by atoms with Crippen LogP contribution in [0.4, 0.5) is 8.78 Å². The highest BCUT2D eigenvalue weighted by Crippen LogP contribution is 2.37. The molecule has 1 fully saturated rings. The maximum atomic E-state index is 13.6. The van der Waals surface area contributed by atoms with E-state index < -0.39 is 17.2 Å². The van der Waals surface area contributed by atoms with E-state index in [1.807, 2.05) is 6.92 Å². The average molecular weight is 232 g/mol. The molecule has 0 bridgehead atoms. The molecule has 1 saturated heterocycles. The lowest BCUT2D eigenvalue weighted by molar-refractivity contribution is 0.407. The van der Waals surface area contributed by atoms with Gasteiger partial charge in [0.25, 0.3) is 0 Å². The highest BCUT2D eigenvalue weighted by Gasteiger charge is 2.35. The van der Waals surface area contributed by atoms with Crippen molar-refractivity contribution in [2.75, 3.05) is 6.54 Å². The van der Waals surface area contributed by atoms with Gasteiger partial charge in [0, 0.05) is 11.1 Å². The van der Waals surface area contributed by atoms with Crippen LogP contribution < -0.4 is 5.32 Å². The quantitative estimate of drug-likeness (QED) is 0.732. The van der Waals surface area contributed by atoms with Crippen molar-refractivity contribution in [3.8, 4) is 0 Å². The second-order valence-electron chi connectivity index (χ2n) is 4.08. The molecule has 0 aliphatic carbocycles. The van der Waals surface area contributed by atoms with E-state index in [2.05, 4.69) is 5.32 Å². The summed E-state index contributed by atoms with van der Waals surface area (Å²) in [4.78, 5) is 0. The first kappa shape index (κ1) is 10.8. The highest BCUT2D eigenvalue weighted by atomic mass is 35.5. The van der Waals surface area contributed by atoms with Crippen molar-refractivity contribution < 1.29 is 8.78 Å². The van der Waals surface area contributed by atoms with Crippen LogP contribution in [0, 0.1) is 11.6 Å². The van der Waals surface area contributed by atoms with Crippen molar-refractivity contribution in [1.82, 2.24) is 5.32 Å². The molecule has 1 heterocycles. The van der Waals surface area contributed by atoms with Crippen LogP contribution >= 0.6 is 11.6 Å². The monoisotopic (exact) mass is 231 g/mol. The predicted molar refractivity (Wildman–Crippen MR) is 56.0 cm³/mol. The van der Waals surface area contributed by atoms with E-state index in [9.17, 15) is 8.78 Å². The first-order valence-corrected chi connectivity index (χ1v) is 5.31. The fourth-order valence-electron chi connectivity index (χ4n) is 2.14. The van der Waals surface area contributed by atoms with Crippen molar-refractivity contribution in [1.29, 1.82) is 0 Å². The van der Waals surface area contributed by atoms with E-state index >= 15 is 0 Å². The van der Waals surface area contributed by atoms with Crippen molar-refractivity contribution >= 4 is 11.6 Å². The third-order valence-corrected chi connectivity index (χ3v) is 3.33. The normalized spacial score (nSPS) is 25.9. The molecule has 4 heteroatoms. The number of halogens is 3. The Morgan fingerprint density at radius 2 is 2.00 bits per heavy atom. The lowest BCUT2D eigenvalue weighted by Crippen LogP contribution is -2.34. The molecule has 82 valence electrons. The van der Waals surface area contributed by atoms with Gasteiger partial charge in [-0.3, -0.25) is 0 Å². The van der Waals surface area contributed by atoms with Gasteiger partial charge in [-0.2, -0.15) is 0 Å². The van der Waals surface area contributed by atoms with Gasteiger partial charge in [-0.1, -0.05) is 11.6 Å².